The van der Waals surface area contributed by atoms with E-state index in [1.807, 2.05) is 53.4 Å². The number of carbonyl (C=O) groups is 1. The van der Waals surface area contributed by atoms with Crippen LogP contribution in [0.1, 0.15) is 23.2 Å². The minimum Gasteiger partial charge on any atom is -0.473 e. The molecule has 0 unspecified atom stereocenters. The topological polar surface area (TPSA) is 55.3 Å². The summed E-state index contributed by atoms with van der Waals surface area (Å²) in [5.41, 5.74) is 2.40. The first kappa shape index (κ1) is 17.0. The predicted molar refractivity (Wildman–Crippen MR) is 103 cm³/mol. The van der Waals surface area contributed by atoms with Gasteiger partial charge in [-0.25, -0.2) is 9.97 Å². The van der Waals surface area contributed by atoms with Crippen molar-refractivity contribution in [3.63, 3.8) is 0 Å². The normalized spacial score (nSPS) is 15.2. The van der Waals surface area contributed by atoms with Gasteiger partial charge in [-0.2, -0.15) is 0 Å². The molecule has 132 valence electrons. The standard InChI is InChI=1S/C20H18BrN3O2/c21-15-7-5-14(6-8-15)20(25)24-11-9-16(10-12-24)26-19-13-22-17-3-1-2-4-18(17)23-19/h1-8,13,16H,9-12H2. The van der Waals surface area contributed by atoms with Crippen LogP contribution >= 0.6 is 15.9 Å². The molecule has 0 atom stereocenters. The number of nitrogens with zero attached hydrogens (tertiary/aromatic N) is 3. The minimum absolute atomic E-state index is 0.0550. The van der Waals surface area contributed by atoms with Crippen molar-refractivity contribution in [3.05, 3.63) is 64.8 Å². The Labute approximate surface area is 160 Å². The Kier molecular flexibility index (Phi) is 4.84. The molecule has 3 aromatic rings. The SMILES string of the molecule is O=C(c1ccc(Br)cc1)N1CCC(Oc2cnc3ccccc3n2)CC1. The summed E-state index contributed by atoms with van der Waals surface area (Å²) in [7, 11) is 0. The van der Waals surface area contributed by atoms with Gasteiger partial charge in [-0.3, -0.25) is 4.79 Å². The fourth-order valence-electron chi connectivity index (χ4n) is 3.12. The lowest BCUT2D eigenvalue weighted by molar-refractivity contribution is 0.0588. The highest BCUT2D eigenvalue weighted by atomic mass is 79.9. The highest BCUT2D eigenvalue weighted by Crippen LogP contribution is 2.21. The van der Waals surface area contributed by atoms with E-state index in [2.05, 4.69) is 25.9 Å². The minimum atomic E-state index is 0.0550. The summed E-state index contributed by atoms with van der Waals surface area (Å²) in [6.45, 7) is 1.36. The maximum absolute atomic E-state index is 12.6. The van der Waals surface area contributed by atoms with Gasteiger partial charge < -0.3 is 9.64 Å². The molecule has 0 bridgehead atoms. The third kappa shape index (κ3) is 3.70. The molecule has 1 aliphatic heterocycles. The van der Waals surface area contributed by atoms with Crippen LogP contribution in [0.3, 0.4) is 0 Å². The molecule has 5 nitrogen and oxygen atoms in total. The fourth-order valence-corrected chi connectivity index (χ4v) is 3.38. The maximum Gasteiger partial charge on any atom is 0.253 e. The Morgan fingerprint density at radius 3 is 2.46 bits per heavy atom. The molecule has 2 aromatic carbocycles. The summed E-state index contributed by atoms with van der Waals surface area (Å²) in [5.74, 6) is 0.614. The summed E-state index contributed by atoms with van der Waals surface area (Å²) in [4.78, 5) is 23.3. The van der Waals surface area contributed by atoms with Gasteiger partial charge in [0, 0.05) is 36.0 Å². The molecule has 1 aliphatic rings. The Hall–Kier alpha value is -2.47. The van der Waals surface area contributed by atoms with Crippen LogP contribution in [0.2, 0.25) is 0 Å². The number of amides is 1. The van der Waals surface area contributed by atoms with Crippen LogP contribution in [-0.2, 0) is 0 Å². The number of rotatable bonds is 3. The van der Waals surface area contributed by atoms with Crippen molar-refractivity contribution in [1.82, 2.24) is 14.9 Å². The molecule has 26 heavy (non-hydrogen) atoms. The molecule has 1 saturated heterocycles. The average molecular weight is 412 g/mol. The van der Waals surface area contributed by atoms with Crippen molar-refractivity contribution < 1.29 is 9.53 Å². The summed E-state index contributed by atoms with van der Waals surface area (Å²) in [5, 5.41) is 0. The number of ether oxygens (including phenoxy) is 1. The molecule has 0 saturated carbocycles. The smallest absolute Gasteiger partial charge is 0.253 e. The van der Waals surface area contributed by atoms with Crippen LogP contribution in [0.4, 0.5) is 0 Å². The lowest BCUT2D eigenvalue weighted by Crippen LogP contribution is -2.41. The molecule has 2 heterocycles. The maximum atomic E-state index is 12.6. The second-order valence-electron chi connectivity index (χ2n) is 6.31. The molecule has 1 amide bonds. The van der Waals surface area contributed by atoms with E-state index in [0.717, 1.165) is 28.3 Å². The van der Waals surface area contributed by atoms with Crippen LogP contribution < -0.4 is 4.74 Å². The number of hydrogen-bond donors (Lipinski definition) is 0. The van der Waals surface area contributed by atoms with Crippen LogP contribution in [0.5, 0.6) is 5.88 Å². The predicted octanol–water partition coefficient (Wildman–Crippen LogP) is 4.08. The molecular formula is C20H18BrN3O2. The van der Waals surface area contributed by atoms with Crippen molar-refractivity contribution >= 4 is 32.9 Å². The molecule has 1 aromatic heterocycles. The number of halogens is 1. The van der Waals surface area contributed by atoms with E-state index in [0.29, 0.717) is 24.5 Å². The van der Waals surface area contributed by atoms with Crippen molar-refractivity contribution in [2.75, 3.05) is 13.1 Å². The lowest BCUT2D eigenvalue weighted by atomic mass is 10.1. The monoisotopic (exact) mass is 411 g/mol. The number of likely N-dealkylation sites (tertiary alicyclic amines) is 1. The van der Waals surface area contributed by atoms with Gasteiger partial charge in [-0.05, 0) is 36.4 Å². The highest BCUT2D eigenvalue weighted by Gasteiger charge is 2.25. The number of para-hydroxylation sites is 2. The van der Waals surface area contributed by atoms with Crippen LogP contribution in [0.25, 0.3) is 11.0 Å². The largest absolute Gasteiger partial charge is 0.473 e. The number of hydrogen-bond acceptors (Lipinski definition) is 4. The number of fused-ring (bicyclic) bond motifs is 1. The van der Waals surface area contributed by atoms with Crippen molar-refractivity contribution in [2.24, 2.45) is 0 Å². The first-order valence-electron chi connectivity index (χ1n) is 8.62. The lowest BCUT2D eigenvalue weighted by Gasteiger charge is -2.32. The van der Waals surface area contributed by atoms with Gasteiger partial charge in [0.15, 0.2) is 0 Å². The molecule has 0 radical (unpaired) electrons. The molecule has 4 rings (SSSR count). The zero-order valence-corrected chi connectivity index (χ0v) is 15.7. The fraction of sp³-hybridized carbons (Fsp3) is 0.250. The van der Waals surface area contributed by atoms with Crippen molar-refractivity contribution in [3.8, 4) is 5.88 Å². The Bertz CT molecular complexity index is 922. The van der Waals surface area contributed by atoms with Gasteiger partial charge >= 0.3 is 0 Å². The third-order valence-electron chi connectivity index (χ3n) is 4.53. The van der Waals surface area contributed by atoms with Gasteiger partial charge in [0.05, 0.1) is 17.2 Å². The number of carbonyl (C=O) groups excluding carboxylic acids is 1. The summed E-state index contributed by atoms with van der Waals surface area (Å²) >= 11 is 3.39. The number of benzene rings is 2. The molecule has 0 N–H and O–H groups in total. The van der Waals surface area contributed by atoms with Crippen LogP contribution in [-0.4, -0.2) is 40.0 Å². The third-order valence-corrected chi connectivity index (χ3v) is 5.06. The Balaban J connectivity index is 1.37. The number of piperidine rings is 1. The second-order valence-corrected chi connectivity index (χ2v) is 7.23. The quantitative estimate of drug-likeness (QED) is 0.651. The van der Waals surface area contributed by atoms with Gasteiger partial charge in [-0.15, -0.1) is 0 Å². The average Bonchev–Trinajstić information content (AvgIpc) is 2.68. The van der Waals surface area contributed by atoms with Gasteiger partial charge in [0.25, 0.3) is 5.91 Å². The van der Waals surface area contributed by atoms with Crippen molar-refractivity contribution in [1.29, 1.82) is 0 Å². The van der Waals surface area contributed by atoms with Crippen LogP contribution in [0, 0.1) is 0 Å². The first-order chi connectivity index (χ1) is 12.7. The summed E-state index contributed by atoms with van der Waals surface area (Å²) in [6.07, 6.45) is 3.30. The molecular weight excluding hydrogens is 394 g/mol. The van der Waals surface area contributed by atoms with E-state index in [1.165, 1.54) is 0 Å². The summed E-state index contributed by atoms with van der Waals surface area (Å²) < 4.78 is 6.97. The Morgan fingerprint density at radius 1 is 1.04 bits per heavy atom. The zero-order chi connectivity index (χ0) is 17.9. The molecule has 0 spiro atoms. The number of aromatic nitrogens is 2. The van der Waals surface area contributed by atoms with E-state index in [4.69, 9.17) is 4.74 Å². The highest BCUT2D eigenvalue weighted by molar-refractivity contribution is 9.10. The van der Waals surface area contributed by atoms with Gasteiger partial charge in [0.1, 0.15) is 6.10 Å². The first-order valence-corrected chi connectivity index (χ1v) is 9.41. The van der Waals surface area contributed by atoms with Gasteiger partial charge in [0.2, 0.25) is 5.88 Å². The van der Waals surface area contributed by atoms with E-state index in [-0.39, 0.29) is 12.0 Å². The second kappa shape index (κ2) is 7.41. The summed E-state index contributed by atoms with van der Waals surface area (Å²) in [6, 6.07) is 15.2. The van der Waals surface area contributed by atoms with E-state index >= 15 is 0 Å². The van der Waals surface area contributed by atoms with E-state index < -0.39 is 0 Å². The van der Waals surface area contributed by atoms with Gasteiger partial charge in [-0.1, -0.05) is 28.1 Å². The zero-order valence-electron chi connectivity index (χ0n) is 14.1. The molecule has 6 heteroatoms. The molecule has 0 aliphatic carbocycles. The molecule has 1 fully saturated rings. The van der Waals surface area contributed by atoms with E-state index in [1.54, 1.807) is 6.20 Å². The van der Waals surface area contributed by atoms with Crippen molar-refractivity contribution in [2.45, 2.75) is 18.9 Å². The Morgan fingerprint density at radius 2 is 1.73 bits per heavy atom. The van der Waals surface area contributed by atoms with E-state index in [9.17, 15) is 4.79 Å². The van der Waals surface area contributed by atoms with Crippen LogP contribution in [0.15, 0.2) is 59.2 Å².